The fourth-order valence-electron chi connectivity index (χ4n) is 3.13. The van der Waals surface area contributed by atoms with Gasteiger partial charge in [0, 0.05) is 12.1 Å². The molecule has 0 spiro atoms. The van der Waals surface area contributed by atoms with Crippen LogP contribution in [0.15, 0.2) is 17.5 Å². The number of aromatic amines is 1. The second-order valence-electron chi connectivity index (χ2n) is 5.74. The zero-order valence-corrected chi connectivity index (χ0v) is 13.6. The molecule has 6 heteroatoms. The Morgan fingerprint density at radius 1 is 1.45 bits per heavy atom. The van der Waals surface area contributed by atoms with Crippen molar-refractivity contribution in [3.05, 3.63) is 22.3 Å². The smallest absolute Gasteiger partial charge is 0.195 e. The van der Waals surface area contributed by atoms with E-state index in [2.05, 4.69) is 51.3 Å². The third kappa shape index (κ3) is 2.36. The Morgan fingerprint density at radius 2 is 2.20 bits per heavy atom. The minimum absolute atomic E-state index is 0.216. The third-order valence-electron chi connectivity index (χ3n) is 4.44. The summed E-state index contributed by atoms with van der Waals surface area (Å²) in [6, 6.07) is 4.16. The van der Waals surface area contributed by atoms with Crippen molar-refractivity contribution in [3.63, 3.8) is 0 Å². The van der Waals surface area contributed by atoms with Crippen LogP contribution in [0.2, 0.25) is 0 Å². The van der Waals surface area contributed by atoms with Crippen LogP contribution in [0.25, 0.3) is 10.7 Å². The third-order valence-corrected chi connectivity index (χ3v) is 5.61. The van der Waals surface area contributed by atoms with E-state index in [1.165, 1.54) is 30.6 Å². The summed E-state index contributed by atoms with van der Waals surface area (Å²) in [5, 5.41) is 9.47. The molecule has 1 N–H and O–H groups in total. The number of aromatic nitrogens is 3. The molecule has 1 fully saturated rings. The van der Waals surface area contributed by atoms with Gasteiger partial charge in [-0.2, -0.15) is 5.10 Å². The topological polar surface area (TPSA) is 36.9 Å². The molecule has 3 rings (SSSR count). The molecule has 2 heterocycles. The number of likely N-dealkylation sites (N-methyl/N-ethyl adjacent to an activating group) is 1. The maximum Gasteiger partial charge on any atom is 0.195 e. The molecule has 0 atom stereocenters. The highest BCUT2D eigenvalue weighted by Crippen LogP contribution is 2.36. The van der Waals surface area contributed by atoms with Gasteiger partial charge in [0.25, 0.3) is 0 Å². The number of thiophene rings is 1. The number of nitrogens with zero attached hydrogens (tertiary/aromatic N) is 3. The molecule has 108 valence electrons. The van der Waals surface area contributed by atoms with Crippen LogP contribution in [0.5, 0.6) is 0 Å². The first-order valence-corrected chi connectivity index (χ1v) is 8.28. The SMILES string of the molecule is CN(C)C1(Cn2c(-c3cccs3)n[nH]c2=S)CCCC1. The molecule has 1 aliphatic rings. The highest BCUT2D eigenvalue weighted by molar-refractivity contribution is 7.71. The zero-order chi connectivity index (χ0) is 14.2. The van der Waals surface area contributed by atoms with Gasteiger partial charge in [-0.05, 0) is 50.6 Å². The second-order valence-corrected chi connectivity index (χ2v) is 7.08. The van der Waals surface area contributed by atoms with E-state index in [0.717, 1.165) is 17.1 Å². The lowest BCUT2D eigenvalue weighted by atomic mass is 9.96. The van der Waals surface area contributed by atoms with Gasteiger partial charge in [0.15, 0.2) is 10.6 Å². The summed E-state index contributed by atoms with van der Waals surface area (Å²) in [5.74, 6) is 0.970. The molecule has 4 nitrogen and oxygen atoms in total. The molecule has 2 aromatic heterocycles. The van der Waals surface area contributed by atoms with Gasteiger partial charge in [-0.25, -0.2) is 0 Å². The molecule has 0 amide bonds. The van der Waals surface area contributed by atoms with Gasteiger partial charge in [-0.3, -0.25) is 9.67 Å². The number of hydrogen-bond acceptors (Lipinski definition) is 4. The standard InChI is InChI=1S/C14H20N4S2/c1-17(2)14(7-3-4-8-14)10-18-12(15-16-13(18)19)11-6-5-9-20-11/h5-6,9H,3-4,7-8,10H2,1-2H3,(H,16,19). The van der Waals surface area contributed by atoms with Gasteiger partial charge < -0.3 is 4.90 Å². The van der Waals surface area contributed by atoms with E-state index < -0.39 is 0 Å². The predicted molar refractivity (Wildman–Crippen MR) is 85.6 cm³/mol. The Balaban J connectivity index is 1.99. The van der Waals surface area contributed by atoms with Gasteiger partial charge in [-0.15, -0.1) is 11.3 Å². The fourth-order valence-corrected chi connectivity index (χ4v) is 4.05. The molecule has 0 aromatic carbocycles. The molecule has 0 bridgehead atoms. The minimum atomic E-state index is 0.216. The highest BCUT2D eigenvalue weighted by Gasteiger charge is 2.37. The first-order valence-electron chi connectivity index (χ1n) is 6.99. The number of nitrogens with one attached hydrogen (secondary N) is 1. The predicted octanol–water partition coefficient (Wildman–Crippen LogP) is 3.54. The summed E-state index contributed by atoms with van der Waals surface area (Å²) in [7, 11) is 4.36. The lowest BCUT2D eigenvalue weighted by molar-refractivity contribution is 0.134. The first kappa shape index (κ1) is 14.0. The van der Waals surface area contributed by atoms with Crippen LogP contribution in [-0.2, 0) is 6.54 Å². The second kappa shape index (κ2) is 5.42. The molecule has 0 unspecified atom stereocenters. The van der Waals surface area contributed by atoms with Crippen molar-refractivity contribution < 1.29 is 0 Å². The average molecular weight is 308 g/mol. The summed E-state index contributed by atoms with van der Waals surface area (Å²) in [5.41, 5.74) is 0.216. The molecule has 1 aliphatic carbocycles. The van der Waals surface area contributed by atoms with Crippen molar-refractivity contribution in [2.45, 2.75) is 37.8 Å². The van der Waals surface area contributed by atoms with E-state index in [9.17, 15) is 0 Å². The van der Waals surface area contributed by atoms with Gasteiger partial charge in [0.05, 0.1) is 4.88 Å². The van der Waals surface area contributed by atoms with Crippen LogP contribution in [0.3, 0.4) is 0 Å². The van der Waals surface area contributed by atoms with Gasteiger partial charge >= 0.3 is 0 Å². The van der Waals surface area contributed by atoms with Gasteiger partial charge in [-0.1, -0.05) is 18.9 Å². The lowest BCUT2D eigenvalue weighted by Gasteiger charge is -2.36. The van der Waals surface area contributed by atoms with E-state index in [4.69, 9.17) is 12.2 Å². The molecule has 1 saturated carbocycles. The summed E-state index contributed by atoms with van der Waals surface area (Å²) in [6.07, 6.45) is 5.07. The van der Waals surface area contributed by atoms with Crippen LogP contribution >= 0.6 is 23.6 Å². The van der Waals surface area contributed by atoms with Gasteiger partial charge in [0.2, 0.25) is 0 Å². The summed E-state index contributed by atoms with van der Waals surface area (Å²) < 4.78 is 2.90. The van der Waals surface area contributed by atoms with E-state index in [0.29, 0.717) is 0 Å². The Kier molecular flexibility index (Phi) is 3.79. The van der Waals surface area contributed by atoms with Crippen LogP contribution < -0.4 is 0 Å². The monoisotopic (exact) mass is 308 g/mol. The quantitative estimate of drug-likeness (QED) is 0.878. The highest BCUT2D eigenvalue weighted by atomic mass is 32.1. The summed E-state index contributed by atoms with van der Waals surface area (Å²) >= 11 is 7.15. The molecular weight excluding hydrogens is 288 g/mol. The largest absolute Gasteiger partial charge is 0.302 e. The van der Waals surface area contributed by atoms with Crippen molar-refractivity contribution in [2.24, 2.45) is 0 Å². The summed E-state index contributed by atoms with van der Waals surface area (Å²) in [6.45, 7) is 0.919. The van der Waals surface area contributed by atoms with Gasteiger partial charge in [0.1, 0.15) is 0 Å². The van der Waals surface area contributed by atoms with Crippen molar-refractivity contribution in [1.29, 1.82) is 0 Å². The number of rotatable bonds is 4. The van der Waals surface area contributed by atoms with Crippen LogP contribution in [0.1, 0.15) is 25.7 Å². The van der Waals surface area contributed by atoms with Crippen molar-refractivity contribution in [3.8, 4) is 10.7 Å². The maximum absolute atomic E-state index is 5.45. The molecule has 20 heavy (non-hydrogen) atoms. The molecule has 0 radical (unpaired) electrons. The normalized spacial score (nSPS) is 17.9. The van der Waals surface area contributed by atoms with E-state index in [1.54, 1.807) is 11.3 Å². The maximum atomic E-state index is 5.45. The summed E-state index contributed by atoms with van der Waals surface area (Å²) in [4.78, 5) is 3.54. The average Bonchev–Trinajstić information content (AvgIpc) is 3.13. The molecule has 0 aliphatic heterocycles. The van der Waals surface area contributed by atoms with E-state index in [-0.39, 0.29) is 5.54 Å². The zero-order valence-electron chi connectivity index (χ0n) is 11.9. The van der Waals surface area contributed by atoms with Crippen LogP contribution in [0.4, 0.5) is 0 Å². The van der Waals surface area contributed by atoms with Crippen LogP contribution in [0, 0.1) is 4.77 Å². The Labute approximate surface area is 128 Å². The lowest BCUT2D eigenvalue weighted by Crippen LogP contribution is -2.45. The van der Waals surface area contributed by atoms with Crippen molar-refractivity contribution in [1.82, 2.24) is 19.7 Å². The fraction of sp³-hybridized carbons (Fsp3) is 0.571. The van der Waals surface area contributed by atoms with E-state index >= 15 is 0 Å². The number of H-pyrrole nitrogens is 1. The first-order chi connectivity index (χ1) is 9.62. The Hall–Kier alpha value is -0.980. The van der Waals surface area contributed by atoms with E-state index in [1.807, 2.05) is 0 Å². The van der Waals surface area contributed by atoms with Crippen LogP contribution in [-0.4, -0.2) is 39.3 Å². The molecule has 2 aromatic rings. The molecule has 0 saturated heterocycles. The van der Waals surface area contributed by atoms with Crippen molar-refractivity contribution >= 4 is 23.6 Å². The van der Waals surface area contributed by atoms with Crippen molar-refractivity contribution in [2.75, 3.05) is 14.1 Å². The number of hydrogen-bond donors (Lipinski definition) is 1. The Morgan fingerprint density at radius 3 is 2.80 bits per heavy atom. The molecular formula is C14H20N4S2. The minimum Gasteiger partial charge on any atom is -0.302 e. The Bertz CT molecular complexity index is 618.